The molecule has 0 spiro atoms. The van der Waals surface area contributed by atoms with Crippen molar-refractivity contribution < 1.29 is 28.2 Å². The fraction of sp³-hybridized carbons (Fsp3) is 0.318. The van der Waals surface area contributed by atoms with E-state index in [9.17, 15) is 18.8 Å². The summed E-state index contributed by atoms with van der Waals surface area (Å²) in [4.78, 5) is 39.4. The van der Waals surface area contributed by atoms with Gasteiger partial charge in [-0.05, 0) is 64.1 Å². The van der Waals surface area contributed by atoms with Crippen molar-refractivity contribution in [2.45, 2.75) is 45.4 Å². The van der Waals surface area contributed by atoms with Gasteiger partial charge in [-0.25, -0.2) is 9.18 Å². The zero-order valence-electron chi connectivity index (χ0n) is 17.1. The first-order valence-electron chi connectivity index (χ1n) is 9.48. The highest BCUT2D eigenvalue weighted by molar-refractivity contribution is 6.15. The number of hydrogen-bond donors (Lipinski definition) is 1. The average molecular weight is 414 g/mol. The number of nitrogens with zero attached hydrogens (tertiary/aromatic N) is 1. The van der Waals surface area contributed by atoms with Crippen molar-refractivity contribution in [1.29, 1.82) is 0 Å². The monoisotopic (exact) mass is 414 g/mol. The number of halogens is 1. The Hall–Kier alpha value is -3.42. The Labute approximate surface area is 173 Å². The molecule has 0 saturated heterocycles. The largest absolute Gasteiger partial charge is 0.479 e. The number of ether oxygens (including phenoxy) is 2. The van der Waals surface area contributed by atoms with Crippen LogP contribution in [0.25, 0.3) is 0 Å². The minimum absolute atomic E-state index is 0.294. The van der Waals surface area contributed by atoms with E-state index in [1.54, 1.807) is 38.1 Å². The fourth-order valence-corrected chi connectivity index (χ4v) is 3.11. The van der Waals surface area contributed by atoms with Crippen LogP contribution in [0.2, 0.25) is 0 Å². The molecule has 7 nitrogen and oxygen atoms in total. The molecule has 1 N–H and O–H groups in total. The van der Waals surface area contributed by atoms with Crippen LogP contribution in [-0.2, 0) is 19.1 Å². The van der Waals surface area contributed by atoms with Gasteiger partial charge in [-0.1, -0.05) is 12.1 Å². The Morgan fingerprint density at radius 2 is 1.67 bits per heavy atom. The summed E-state index contributed by atoms with van der Waals surface area (Å²) in [5.74, 6) is -1.77. The molecule has 0 unspecified atom stereocenters. The number of fused-ring (bicyclic) bond motifs is 1. The minimum Gasteiger partial charge on any atom is -0.479 e. The van der Waals surface area contributed by atoms with E-state index in [1.807, 2.05) is 0 Å². The summed E-state index contributed by atoms with van der Waals surface area (Å²) >= 11 is 0. The van der Waals surface area contributed by atoms with Gasteiger partial charge < -0.3 is 14.8 Å². The van der Waals surface area contributed by atoms with Crippen LogP contribution in [0.3, 0.4) is 0 Å². The van der Waals surface area contributed by atoms with Gasteiger partial charge in [0.15, 0.2) is 12.2 Å². The smallest absolute Gasteiger partial charge is 0.347 e. The molecule has 2 amide bonds. The molecule has 0 aromatic heterocycles. The Morgan fingerprint density at radius 1 is 1.03 bits per heavy atom. The maximum absolute atomic E-state index is 13.2. The Bertz CT molecular complexity index is 974. The van der Waals surface area contributed by atoms with Gasteiger partial charge in [-0.15, -0.1) is 0 Å². The number of hydrogen-bond acceptors (Lipinski definition) is 5. The summed E-state index contributed by atoms with van der Waals surface area (Å²) in [6.07, 6.45) is -2.18. The lowest BCUT2D eigenvalue weighted by atomic mass is 9.95. The van der Waals surface area contributed by atoms with E-state index in [0.717, 1.165) is 0 Å². The molecule has 2 aromatic rings. The second-order valence-electron chi connectivity index (χ2n) is 7.50. The highest BCUT2D eigenvalue weighted by Crippen LogP contribution is 2.37. The molecule has 0 saturated carbocycles. The second-order valence-corrected chi connectivity index (χ2v) is 7.50. The summed E-state index contributed by atoms with van der Waals surface area (Å²) < 4.78 is 23.7. The lowest BCUT2D eigenvalue weighted by Crippen LogP contribution is -2.60. The Morgan fingerprint density at radius 3 is 2.33 bits per heavy atom. The van der Waals surface area contributed by atoms with E-state index in [-0.39, 0.29) is 5.91 Å². The molecule has 158 valence electrons. The third-order valence-corrected chi connectivity index (χ3v) is 4.83. The minimum atomic E-state index is -1.18. The average Bonchev–Trinajstić information content (AvgIpc) is 2.70. The number of carbonyl (C=O) groups is 3. The number of rotatable bonds is 5. The zero-order chi connectivity index (χ0) is 22.1. The predicted molar refractivity (Wildman–Crippen MR) is 109 cm³/mol. The molecule has 1 aliphatic heterocycles. The third kappa shape index (κ3) is 4.12. The first-order chi connectivity index (χ1) is 14.1. The number of amides is 2. The Kier molecular flexibility index (Phi) is 5.78. The molecule has 3 rings (SSSR count). The first kappa shape index (κ1) is 21.3. The SMILES string of the molecule is C[C@@H](Oc1ccc(F)cc1)C(=O)O[C@H](C)C(=O)N1c2ccccc2NC(=O)C1(C)C. The molecule has 0 bridgehead atoms. The third-order valence-electron chi connectivity index (χ3n) is 4.83. The van der Waals surface area contributed by atoms with Crippen LogP contribution in [0.4, 0.5) is 15.8 Å². The van der Waals surface area contributed by atoms with Crippen molar-refractivity contribution >= 4 is 29.2 Å². The molecule has 0 radical (unpaired) electrons. The summed E-state index contributed by atoms with van der Waals surface area (Å²) in [7, 11) is 0. The van der Waals surface area contributed by atoms with E-state index >= 15 is 0 Å². The number of nitrogens with one attached hydrogen (secondary N) is 1. The van der Waals surface area contributed by atoms with Gasteiger partial charge in [0.25, 0.3) is 5.91 Å². The number of anilines is 2. The molecule has 2 atom stereocenters. The fourth-order valence-electron chi connectivity index (χ4n) is 3.11. The molecule has 1 heterocycles. The van der Waals surface area contributed by atoms with Gasteiger partial charge >= 0.3 is 5.97 Å². The Balaban J connectivity index is 1.73. The van der Waals surface area contributed by atoms with Gasteiger partial charge in [0.2, 0.25) is 5.91 Å². The molecule has 2 aromatic carbocycles. The summed E-state index contributed by atoms with van der Waals surface area (Å²) in [5.41, 5.74) is -0.158. The van der Waals surface area contributed by atoms with E-state index in [0.29, 0.717) is 17.1 Å². The van der Waals surface area contributed by atoms with Crippen LogP contribution in [0.15, 0.2) is 48.5 Å². The number of esters is 1. The molecule has 1 aliphatic rings. The van der Waals surface area contributed by atoms with Gasteiger partial charge in [0.1, 0.15) is 17.1 Å². The van der Waals surface area contributed by atoms with Crippen LogP contribution in [-0.4, -0.2) is 35.5 Å². The standard InChI is InChI=1S/C22H23FN2O5/c1-13(30-20(27)14(2)29-16-11-9-15(23)10-12-16)19(26)25-18-8-6-5-7-17(18)24-21(28)22(25,3)4/h5-14H,1-4H3,(H,24,28)/t13-,14-/m1/s1. The zero-order valence-corrected chi connectivity index (χ0v) is 17.1. The number of benzene rings is 2. The molecule has 30 heavy (non-hydrogen) atoms. The van der Waals surface area contributed by atoms with E-state index in [2.05, 4.69) is 5.32 Å². The lowest BCUT2D eigenvalue weighted by molar-refractivity contribution is -0.160. The maximum Gasteiger partial charge on any atom is 0.347 e. The number of carbonyl (C=O) groups excluding carboxylic acids is 3. The van der Waals surface area contributed by atoms with Gasteiger partial charge in [0.05, 0.1) is 11.4 Å². The quantitative estimate of drug-likeness (QED) is 0.759. The topological polar surface area (TPSA) is 84.9 Å². The van der Waals surface area contributed by atoms with Crippen LogP contribution in [0.5, 0.6) is 5.75 Å². The van der Waals surface area contributed by atoms with Crippen LogP contribution in [0.1, 0.15) is 27.7 Å². The van der Waals surface area contributed by atoms with Crippen molar-refractivity contribution in [3.05, 3.63) is 54.3 Å². The van der Waals surface area contributed by atoms with Crippen LogP contribution >= 0.6 is 0 Å². The predicted octanol–water partition coefficient (Wildman–Crippen LogP) is 3.29. The van der Waals surface area contributed by atoms with Crippen LogP contribution < -0.4 is 15.0 Å². The van der Waals surface area contributed by atoms with Gasteiger partial charge in [-0.2, -0.15) is 0 Å². The van der Waals surface area contributed by atoms with Crippen molar-refractivity contribution in [1.82, 2.24) is 0 Å². The van der Waals surface area contributed by atoms with Gasteiger partial charge in [0, 0.05) is 0 Å². The van der Waals surface area contributed by atoms with Crippen molar-refractivity contribution in [2.24, 2.45) is 0 Å². The lowest BCUT2D eigenvalue weighted by Gasteiger charge is -2.42. The van der Waals surface area contributed by atoms with Crippen molar-refractivity contribution in [2.75, 3.05) is 10.2 Å². The maximum atomic E-state index is 13.2. The first-order valence-corrected chi connectivity index (χ1v) is 9.48. The van der Waals surface area contributed by atoms with E-state index < -0.39 is 35.4 Å². The summed E-state index contributed by atoms with van der Waals surface area (Å²) in [6.45, 7) is 6.14. The normalized spacial score (nSPS) is 16.7. The molecule has 0 fully saturated rings. The van der Waals surface area contributed by atoms with Crippen molar-refractivity contribution in [3.8, 4) is 5.75 Å². The molecule has 0 aliphatic carbocycles. The highest BCUT2D eigenvalue weighted by atomic mass is 19.1. The van der Waals surface area contributed by atoms with E-state index in [1.165, 1.54) is 43.0 Å². The van der Waals surface area contributed by atoms with Crippen molar-refractivity contribution in [3.63, 3.8) is 0 Å². The summed E-state index contributed by atoms with van der Waals surface area (Å²) in [5, 5.41) is 2.78. The number of para-hydroxylation sites is 2. The molecular formula is C22H23FN2O5. The van der Waals surface area contributed by atoms with Crippen LogP contribution in [0, 0.1) is 5.82 Å². The van der Waals surface area contributed by atoms with Gasteiger partial charge in [-0.3, -0.25) is 14.5 Å². The summed E-state index contributed by atoms with van der Waals surface area (Å²) in [6, 6.07) is 12.1. The highest BCUT2D eigenvalue weighted by Gasteiger charge is 2.45. The van der Waals surface area contributed by atoms with E-state index in [4.69, 9.17) is 9.47 Å². The molecule has 8 heteroatoms. The molecular weight excluding hydrogens is 391 g/mol. The second kappa shape index (κ2) is 8.14.